The summed E-state index contributed by atoms with van der Waals surface area (Å²) in [5.74, 6) is 0. The van der Waals surface area contributed by atoms with Gasteiger partial charge in [-0.1, -0.05) is 38.5 Å². The molecule has 0 aliphatic heterocycles. The third kappa shape index (κ3) is 3.05. The molecule has 2 aliphatic rings. The van der Waals surface area contributed by atoms with Crippen molar-refractivity contribution in [2.45, 2.75) is 74.7 Å². The minimum atomic E-state index is -0.315. The summed E-state index contributed by atoms with van der Waals surface area (Å²) in [6.07, 6.45) is 17.9. The molecule has 0 spiro atoms. The molecule has 0 N–H and O–H groups in total. The van der Waals surface area contributed by atoms with Crippen LogP contribution in [0, 0.1) is 0 Å². The van der Waals surface area contributed by atoms with Crippen LogP contribution in [0.25, 0.3) is 0 Å². The average Bonchev–Trinajstić information content (AvgIpc) is 2.31. The first-order chi connectivity index (χ1) is 7.21. The van der Waals surface area contributed by atoms with Crippen LogP contribution >= 0.6 is 28.4 Å². The summed E-state index contributed by atoms with van der Waals surface area (Å²) in [5, 5.41) is 2.21. The Kier molecular flexibility index (Phi) is 4.69. The number of halogens is 1. The topological polar surface area (TPSA) is 0 Å². The minimum Gasteiger partial charge on any atom is -0.184 e. The SMILES string of the molecule is CS(I)(C1CCCCC1)C1CCCCC1. The highest BCUT2D eigenvalue weighted by Gasteiger charge is 2.35. The predicted octanol–water partition coefficient (Wildman–Crippen LogP) is 5.44. The summed E-state index contributed by atoms with van der Waals surface area (Å²) >= 11 is 2.90. The Morgan fingerprint density at radius 3 is 1.40 bits per heavy atom. The third-order valence-electron chi connectivity index (χ3n) is 4.41. The van der Waals surface area contributed by atoms with Gasteiger partial charge in [-0.2, -0.15) is 7.20 Å². The van der Waals surface area contributed by atoms with Crippen molar-refractivity contribution in [1.82, 2.24) is 0 Å². The summed E-state index contributed by atoms with van der Waals surface area (Å²) in [5.41, 5.74) is 0. The van der Waals surface area contributed by atoms with Gasteiger partial charge in [-0.15, -0.1) is 0 Å². The molecule has 0 aromatic heterocycles. The van der Waals surface area contributed by atoms with Gasteiger partial charge in [0, 0.05) is 0 Å². The molecule has 0 heterocycles. The van der Waals surface area contributed by atoms with Crippen molar-refractivity contribution in [3.8, 4) is 0 Å². The fourth-order valence-corrected chi connectivity index (χ4v) is 9.43. The minimum absolute atomic E-state index is 0.315. The van der Waals surface area contributed by atoms with Gasteiger partial charge in [0.05, 0.1) is 0 Å². The maximum absolute atomic E-state index is 2.90. The number of rotatable bonds is 2. The number of hydrogen-bond acceptors (Lipinski definition) is 0. The fraction of sp³-hybridized carbons (Fsp3) is 1.00. The summed E-state index contributed by atoms with van der Waals surface area (Å²) in [6.45, 7) is 0. The van der Waals surface area contributed by atoms with Crippen LogP contribution in [0.1, 0.15) is 64.2 Å². The molecule has 0 aromatic carbocycles. The Hall–Kier alpha value is 1.08. The Balaban J connectivity index is 1.96. The van der Waals surface area contributed by atoms with E-state index in [4.69, 9.17) is 0 Å². The zero-order chi connectivity index (χ0) is 10.7. The van der Waals surface area contributed by atoms with Crippen LogP contribution in [0.5, 0.6) is 0 Å². The predicted molar refractivity (Wildman–Crippen MR) is 81.3 cm³/mol. The van der Waals surface area contributed by atoms with Gasteiger partial charge in [0.15, 0.2) is 0 Å². The maximum Gasteiger partial charge on any atom is -0.00289 e. The molecule has 2 aliphatic carbocycles. The van der Waals surface area contributed by atoms with Crippen LogP contribution in [-0.4, -0.2) is 16.8 Å². The highest BCUT2D eigenvalue weighted by Crippen LogP contribution is 2.66. The third-order valence-corrected chi connectivity index (χ3v) is 12.3. The fourth-order valence-electron chi connectivity index (χ4n) is 3.32. The van der Waals surface area contributed by atoms with Crippen LogP contribution in [0.3, 0.4) is 0 Å². The summed E-state index contributed by atoms with van der Waals surface area (Å²) in [7, 11) is -0.315. The van der Waals surface area contributed by atoms with E-state index in [9.17, 15) is 0 Å². The lowest BCUT2D eigenvalue weighted by atomic mass is 10.00. The Labute approximate surface area is 109 Å². The summed E-state index contributed by atoms with van der Waals surface area (Å²) in [6, 6.07) is 0. The van der Waals surface area contributed by atoms with E-state index in [-0.39, 0.29) is 7.20 Å². The van der Waals surface area contributed by atoms with Crippen molar-refractivity contribution >= 4 is 28.4 Å². The molecule has 0 atom stereocenters. The van der Waals surface area contributed by atoms with Crippen molar-refractivity contribution in [2.75, 3.05) is 6.26 Å². The zero-order valence-corrected chi connectivity index (χ0v) is 13.0. The van der Waals surface area contributed by atoms with Crippen molar-refractivity contribution in [1.29, 1.82) is 0 Å². The highest BCUT2D eigenvalue weighted by molar-refractivity contribution is 14.2. The molecule has 0 radical (unpaired) electrons. The van der Waals surface area contributed by atoms with E-state index in [0.29, 0.717) is 0 Å². The lowest BCUT2D eigenvalue weighted by Crippen LogP contribution is -2.27. The molecule has 0 bridgehead atoms. The van der Waals surface area contributed by atoms with Gasteiger partial charge >= 0.3 is 0 Å². The molecule has 2 fully saturated rings. The van der Waals surface area contributed by atoms with Crippen LogP contribution < -0.4 is 0 Å². The van der Waals surface area contributed by atoms with E-state index in [2.05, 4.69) is 27.5 Å². The monoisotopic (exact) mass is 340 g/mol. The van der Waals surface area contributed by atoms with E-state index in [0.717, 1.165) is 10.5 Å². The van der Waals surface area contributed by atoms with Crippen molar-refractivity contribution < 1.29 is 0 Å². The summed E-state index contributed by atoms with van der Waals surface area (Å²) in [4.78, 5) is 0. The van der Waals surface area contributed by atoms with Crippen LogP contribution in [0.2, 0.25) is 0 Å². The smallest absolute Gasteiger partial charge is 0.00289 e. The molecule has 2 rings (SSSR count). The van der Waals surface area contributed by atoms with E-state index >= 15 is 0 Å². The van der Waals surface area contributed by atoms with Crippen LogP contribution in [0.15, 0.2) is 0 Å². The van der Waals surface area contributed by atoms with Crippen molar-refractivity contribution in [2.24, 2.45) is 0 Å². The highest BCUT2D eigenvalue weighted by atomic mass is 127. The van der Waals surface area contributed by atoms with Gasteiger partial charge in [-0.25, -0.2) is 0 Å². The Morgan fingerprint density at radius 2 is 1.07 bits per heavy atom. The molecule has 0 amide bonds. The van der Waals surface area contributed by atoms with Gasteiger partial charge < -0.3 is 0 Å². The molecule has 0 unspecified atom stereocenters. The van der Waals surface area contributed by atoms with Gasteiger partial charge in [-0.3, -0.25) is 0 Å². The van der Waals surface area contributed by atoms with E-state index < -0.39 is 0 Å². The first-order valence-electron chi connectivity index (χ1n) is 6.67. The van der Waals surface area contributed by atoms with Gasteiger partial charge in [0.1, 0.15) is 0 Å². The van der Waals surface area contributed by atoms with Gasteiger partial charge in [0.2, 0.25) is 0 Å². The van der Waals surface area contributed by atoms with Crippen LogP contribution in [-0.2, 0) is 0 Å². The average molecular weight is 340 g/mol. The molecule has 0 saturated heterocycles. The molecule has 2 heteroatoms. The van der Waals surface area contributed by atoms with Gasteiger partial charge in [0.25, 0.3) is 0 Å². The second-order valence-electron chi connectivity index (χ2n) is 5.46. The quantitative estimate of drug-likeness (QED) is 0.588. The first kappa shape index (κ1) is 12.5. The maximum atomic E-state index is 2.90. The van der Waals surface area contributed by atoms with E-state index in [1.54, 1.807) is 25.7 Å². The van der Waals surface area contributed by atoms with E-state index in [1.165, 1.54) is 38.5 Å². The lowest BCUT2D eigenvalue weighted by Gasteiger charge is -2.47. The van der Waals surface area contributed by atoms with Crippen molar-refractivity contribution in [3.05, 3.63) is 0 Å². The van der Waals surface area contributed by atoms with Gasteiger partial charge in [-0.05, 0) is 63.6 Å². The van der Waals surface area contributed by atoms with E-state index in [1.807, 2.05) is 0 Å². The molecular formula is C13H25IS. The van der Waals surface area contributed by atoms with Crippen LogP contribution in [0.4, 0.5) is 0 Å². The molecule has 0 nitrogen and oxygen atoms in total. The number of hydrogen-bond donors (Lipinski definition) is 0. The molecule has 0 aromatic rings. The normalized spacial score (nSPS) is 27.9. The first-order valence-corrected chi connectivity index (χ1v) is 11.4. The molecule has 15 heavy (non-hydrogen) atoms. The Morgan fingerprint density at radius 1 is 0.733 bits per heavy atom. The molecule has 2 saturated carbocycles. The standard InChI is InChI=1S/C13H25IS/c1-15(14,12-8-4-2-5-9-12)13-10-6-3-7-11-13/h12-13H,2-11H2,1H3. The molecular weight excluding hydrogens is 315 g/mol. The van der Waals surface area contributed by atoms with Crippen molar-refractivity contribution in [3.63, 3.8) is 0 Å². The molecule has 90 valence electrons. The zero-order valence-electron chi connectivity index (χ0n) is 10.0. The second-order valence-corrected chi connectivity index (χ2v) is 14.4. The second kappa shape index (κ2) is 5.61. The summed E-state index contributed by atoms with van der Waals surface area (Å²) < 4.78 is 0. The lowest BCUT2D eigenvalue weighted by molar-refractivity contribution is 0.491. The largest absolute Gasteiger partial charge is 0.184 e. The Bertz CT molecular complexity index is 171.